The van der Waals surface area contributed by atoms with Crippen molar-refractivity contribution in [3.63, 3.8) is 0 Å². The molecule has 0 heterocycles. The second-order valence-electron chi connectivity index (χ2n) is 4.26. The molecule has 1 aromatic rings. The highest BCUT2D eigenvalue weighted by Crippen LogP contribution is 2.18. The fraction of sp³-hybridized carbons (Fsp3) is 0.357. The zero-order chi connectivity index (χ0) is 12.1. The van der Waals surface area contributed by atoms with Gasteiger partial charge in [-0.25, -0.2) is 9.18 Å². The van der Waals surface area contributed by atoms with Crippen LogP contribution in [0.2, 0.25) is 0 Å². The molecule has 0 aromatic heterocycles. The van der Waals surface area contributed by atoms with Crippen LogP contribution in [0.25, 0.3) is 0 Å². The molecule has 0 N–H and O–H groups in total. The summed E-state index contributed by atoms with van der Waals surface area (Å²) in [7, 11) is 0. The molecule has 0 spiro atoms. The van der Waals surface area contributed by atoms with Crippen LogP contribution in [0.15, 0.2) is 36.4 Å². The quantitative estimate of drug-likeness (QED) is 0.592. The van der Waals surface area contributed by atoms with Gasteiger partial charge in [-0.2, -0.15) is 0 Å². The minimum atomic E-state index is -0.445. The van der Waals surface area contributed by atoms with E-state index < -0.39 is 11.8 Å². The van der Waals surface area contributed by atoms with Gasteiger partial charge >= 0.3 is 5.97 Å². The fourth-order valence-corrected chi connectivity index (χ4v) is 1.90. The maximum absolute atomic E-state index is 12.9. The third kappa shape index (κ3) is 3.41. The van der Waals surface area contributed by atoms with E-state index in [0.717, 1.165) is 19.3 Å². The lowest BCUT2D eigenvalue weighted by atomic mass is 9.95. The predicted molar refractivity (Wildman–Crippen MR) is 63.2 cm³/mol. The van der Waals surface area contributed by atoms with Crippen LogP contribution >= 0.6 is 0 Å². The zero-order valence-corrected chi connectivity index (χ0v) is 9.56. The number of halogens is 1. The first-order valence-electron chi connectivity index (χ1n) is 5.83. The number of esters is 1. The van der Waals surface area contributed by atoms with Crippen LogP contribution in [-0.2, 0) is 4.74 Å². The predicted octanol–water partition coefficient (Wildman–Crippen LogP) is 3.34. The van der Waals surface area contributed by atoms with Crippen LogP contribution < -0.4 is 0 Å². The second-order valence-corrected chi connectivity index (χ2v) is 4.26. The highest BCUT2D eigenvalue weighted by atomic mass is 19.1. The number of benzene rings is 1. The van der Waals surface area contributed by atoms with Crippen molar-refractivity contribution >= 4 is 5.97 Å². The maximum atomic E-state index is 12.9. The van der Waals surface area contributed by atoms with Gasteiger partial charge in [-0.3, -0.25) is 0 Å². The number of carbonyl (C=O) groups is 1. The molecule has 0 saturated heterocycles. The van der Waals surface area contributed by atoms with Crippen LogP contribution in [-0.4, -0.2) is 12.6 Å². The molecular formula is C14H15FO2. The molecule has 3 heteroatoms. The molecule has 0 amide bonds. The summed E-state index contributed by atoms with van der Waals surface area (Å²) < 4.78 is 18.1. The number of hydrogen-bond donors (Lipinski definition) is 0. The Morgan fingerprint density at radius 1 is 1.41 bits per heavy atom. The number of carbonyl (C=O) groups excluding carboxylic acids is 1. The normalized spacial score (nSPS) is 19.0. The molecule has 17 heavy (non-hydrogen) atoms. The van der Waals surface area contributed by atoms with Crippen LogP contribution in [0.5, 0.6) is 0 Å². The van der Waals surface area contributed by atoms with E-state index in [1.54, 1.807) is 6.07 Å². The Bertz CT molecular complexity index is 426. The first kappa shape index (κ1) is 11.8. The fourth-order valence-electron chi connectivity index (χ4n) is 1.90. The van der Waals surface area contributed by atoms with Crippen molar-refractivity contribution in [3.05, 3.63) is 47.8 Å². The topological polar surface area (TPSA) is 26.3 Å². The monoisotopic (exact) mass is 234 g/mol. The molecule has 1 unspecified atom stereocenters. The number of rotatable bonds is 3. The van der Waals surface area contributed by atoms with Crippen molar-refractivity contribution in [2.75, 3.05) is 6.61 Å². The van der Waals surface area contributed by atoms with Gasteiger partial charge in [-0.05, 0) is 43.4 Å². The number of ether oxygens (including phenoxy) is 1. The van der Waals surface area contributed by atoms with E-state index in [4.69, 9.17) is 4.74 Å². The SMILES string of the molecule is O=C(OCC1CC=CCC1)c1cccc(F)c1. The van der Waals surface area contributed by atoms with Gasteiger partial charge in [0.1, 0.15) is 5.82 Å². The van der Waals surface area contributed by atoms with E-state index >= 15 is 0 Å². The van der Waals surface area contributed by atoms with Crippen molar-refractivity contribution in [2.45, 2.75) is 19.3 Å². The summed E-state index contributed by atoms with van der Waals surface area (Å²) in [6.45, 7) is 0.416. The van der Waals surface area contributed by atoms with Crippen molar-refractivity contribution in [1.82, 2.24) is 0 Å². The van der Waals surface area contributed by atoms with Gasteiger partial charge in [-0.1, -0.05) is 18.2 Å². The van der Waals surface area contributed by atoms with Gasteiger partial charge in [0.2, 0.25) is 0 Å². The molecule has 1 aliphatic rings. The summed E-state index contributed by atoms with van der Waals surface area (Å²) in [6.07, 6.45) is 7.31. The second kappa shape index (κ2) is 5.62. The van der Waals surface area contributed by atoms with Crippen LogP contribution in [0.3, 0.4) is 0 Å². The van der Waals surface area contributed by atoms with E-state index in [9.17, 15) is 9.18 Å². The Hall–Kier alpha value is -1.64. The summed E-state index contributed by atoms with van der Waals surface area (Å²) >= 11 is 0. The van der Waals surface area contributed by atoms with Crippen LogP contribution in [0.1, 0.15) is 29.6 Å². The Morgan fingerprint density at radius 2 is 2.29 bits per heavy atom. The lowest BCUT2D eigenvalue weighted by Gasteiger charge is -2.17. The average Bonchev–Trinajstić information content (AvgIpc) is 2.37. The molecule has 0 fully saturated rings. The maximum Gasteiger partial charge on any atom is 0.338 e. The average molecular weight is 234 g/mol. The molecule has 0 aliphatic heterocycles. The van der Waals surface area contributed by atoms with Gasteiger partial charge in [0, 0.05) is 0 Å². The lowest BCUT2D eigenvalue weighted by molar-refractivity contribution is 0.0431. The van der Waals surface area contributed by atoms with E-state index in [0.29, 0.717) is 12.5 Å². The van der Waals surface area contributed by atoms with Crippen molar-refractivity contribution < 1.29 is 13.9 Å². The third-order valence-electron chi connectivity index (χ3n) is 2.89. The highest BCUT2D eigenvalue weighted by molar-refractivity contribution is 5.89. The Labute approximate surface area is 100 Å². The molecule has 1 aliphatic carbocycles. The summed E-state index contributed by atoms with van der Waals surface area (Å²) in [5.74, 6) is -0.461. The van der Waals surface area contributed by atoms with Crippen LogP contribution in [0, 0.1) is 11.7 Å². The largest absolute Gasteiger partial charge is 0.462 e. The Kier molecular flexibility index (Phi) is 3.91. The summed E-state index contributed by atoms with van der Waals surface area (Å²) in [5, 5.41) is 0. The number of hydrogen-bond acceptors (Lipinski definition) is 2. The smallest absolute Gasteiger partial charge is 0.338 e. The summed E-state index contributed by atoms with van der Waals surface area (Å²) in [4.78, 5) is 11.6. The molecule has 2 rings (SSSR count). The summed E-state index contributed by atoms with van der Waals surface area (Å²) in [5.41, 5.74) is 0.274. The van der Waals surface area contributed by atoms with Gasteiger partial charge in [-0.15, -0.1) is 0 Å². The molecule has 90 valence electrons. The highest BCUT2D eigenvalue weighted by Gasteiger charge is 2.14. The number of allylic oxidation sites excluding steroid dienone is 2. The van der Waals surface area contributed by atoms with E-state index in [2.05, 4.69) is 12.2 Å². The molecule has 2 nitrogen and oxygen atoms in total. The Morgan fingerprint density at radius 3 is 3.00 bits per heavy atom. The van der Waals surface area contributed by atoms with Crippen molar-refractivity contribution in [1.29, 1.82) is 0 Å². The van der Waals surface area contributed by atoms with E-state index in [-0.39, 0.29) is 5.56 Å². The standard InChI is InChI=1S/C14H15FO2/c15-13-8-4-7-12(9-13)14(16)17-10-11-5-2-1-3-6-11/h1-2,4,7-9,11H,3,5-6,10H2. The van der Waals surface area contributed by atoms with Gasteiger partial charge in [0.25, 0.3) is 0 Å². The third-order valence-corrected chi connectivity index (χ3v) is 2.89. The Balaban J connectivity index is 1.87. The molecule has 1 atom stereocenters. The first-order valence-corrected chi connectivity index (χ1v) is 5.83. The molecule has 1 aromatic carbocycles. The van der Waals surface area contributed by atoms with Gasteiger partial charge in [0.15, 0.2) is 0 Å². The van der Waals surface area contributed by atoms with E-state index in [1.165, 1.54) is 18.2 Å². The molecular weight excluding hydrogens is 219 g/mol. The minimum Gasteiger partial charge on any atom is -0.462 e. The van der Waals surface area contributed by atoms with E-state index in [1.807, 2.05) is 0 Å². The lowest BCUT2D eigenvalue weighted by Crippen LogP contribution is -2.15. The molecule has 0 bridgehead atoms. The zero-order valence-electron chi connectivity index (χ0n) is 9.56. The van der Waals surface area contributed by atoms with Gasteiger partial charge < -0.3 is 4.74 Å². The molecule has 0 saturated carbocycles. The summed E-state index contributed by atoms with van der Waals surface area (Å²) in [6, 6.07) is 5.58. The molecule has 0 radical (unpaired) electrons. The van der Waals surface area contributed by atoms with Gasteiger partial charge in [0.05, 0.1) is 12.2 Å². The van der Waals surface area contributed by atoms with Crippen LogP contribution in [0.4, 0.5) is 4.39 Å². The first-order chi connectivity index (χ1) is 8.25. The van der Waals surface area contributed by atoms with Crippen molar-refractivity contribution in [3.8, 4) is 0 Å². The van der Waals surface area contributed by atoms with Crippen molar-refractivity contribution in [2.24, 2.45) is 5.92 Å². The minimum absolute atomic E-state index is 0.274.